The lowest BCUT2D eigenvalue weighted by Crippen LogP contribution is -2.08. The zero-order valence-electron chi connectivity index (χ0n) is 9.59. The highest BCUT2D eigenvalue weighted by atomic mass is 32.1. The Morgan fingerprint density at radius 1 is 1.47 bits per heavy atom. The van der Waals surface area contributed by atoms with Crippen LogP contribution in [0.5, 0.6) is 0 Å². The topological polar surface area (TPSA) is 36.4 Å². The molecule has 0 fully saturated rings. The summed E-state index contributed by atoms with van der Waals surface area (Å²) in [5.41, 5.74) is 0.733. The van der Waals surface area contributed by atoms with E-state index in [0.29, 0.717) is 0 Å². The van der Waals surface area contributed by atoms with Crippen LogP contribution >= 0.6 is 11.3 Å². The highest BCUT2D eigenvalue weighted by Gasteiger charge is 2.11. The Balaban J connectivity index is 2.27. The van der Waals surface area contributed by atoms with Crippen molar-refractivity contribution in [3.63, 3.8) is 0 Å². The summed E-state index contributed by atoms with van der Waals surface area (Å²) >= 11 is 1.39. The summed E-state index contributed by atoms with van der Waals surface area (Å²) in [6, 6.07) is 6.32. The predicted octanol–water partition coefficient (Wildman–Crippen LogP) is 3.10. The first-order chi connectivity index (χ1) is 8.08. The number of aliphatic hydroxyl groups is 1. The van der Waals surface area contributed by atoms with Crippen LogP contribution in [0.4, 0.5) is 15.2 Å². The smallest absolute Gasteiger partial charge is 0.189 e. The Kier molecular flexibility index (Phi) is 3.40. The number of thiazole rings is 1. The van der Waals surface area contributed by atoms with Crippen LogP contribution in [0.2, 0.25) is 0 Å². The quantitative estimate of drug-likeness (QED) is 0.911. The Morgan fingerprint density at radius 2 is 2.24 bits per heavy atom. The first-order valence-corrected chi connectivity index (χ1v) is 6.02. The van der Waals surface area contributed by atoms with Crippen LogP contribution in [0.3, 0.4) is 0 Å². The zero-order valence-corrected chi connectivity index (χ0v) is 10.4. The highest BCUT2D eigenvalue weighted by molar-refractivity contribution is 7.15. The number of nitrogens with zero attached hydrogens (tertiary/aromatic N) is 2. The molecule has 1 unspecified atom stereocenters. The molecule has 0 saturated carbocycles. The SMILES string of the molecule is CC(O)c1cnc(N(C)c2cccc(F)c2)s1. The molecule has 2 rings (SSSR count). The minimum Gasteiger partial charge on any atom is -0.388 e. The van der Waals surface area contributed by atoms with Crippen molar-refractivity contribution in [2.75, 3.05) is 11.9 Å². The van der Waals surface area contributed by atoms with Gasteiger partial charge in [-0.15, -0.1) is 0 Å². The normalized spacial score (nSPS) is 12.5. The molecule has 0 amide bonds. The number of halogens is 1. The Morgan fingerprint density at radius 3 is 2.82 bits per heavy atom. The first-order valence-electron chi connectivity index (χ1n) is 5.21. The summed E-state index contributed by atoms with van der Waals surface area (Å²) in [5.74, 6) is -0.276. The molecule has 5 heteroatoms. The first kappa shape index (κ1) is 12.0. The van der Waals surface area contributed by atoms with Crippen LogP contribution in [-0.2, 0) is 0 Å². The molecule has 3 nitrogen and oxygen atoms in total. The fourth-order valence-corrected chi connectivity index (χ4v) is 2.25. The lowest BCUT2D eigenvalue weighted by atomic mass is 10.3. The molecule has 17 heavy (non-hydrogen) atoms. The molecule has 0 bridgehead atoms. The molecule has 1 aromatic carbocycles. The molecule has 1 aromatic heterocycles. The van der Waals surface area contributed by atoms with Gasteiger partial charge in [-0.3, -0.25) is 0 Å². The third kappa shape index (κ3) is 2.62. The molecule has 0 radical (unpaired) electrons. The second kappa shape index (κ2) is 4.81. The van der Waals surface area contributed by atoms with E-state index < -0.39 is 6.10 Å². The maximum atomic E-state index is 13.1. The third-order valence-electron chi connectivity index (χ3n) is 2.41. The van der Waals surface area contributed by atoms with Crippen LogP contribution in [0.1, 0.15) is 17.9 Å². The average molecular weight is 252 g/mol. The van der Waals surface area contributed by atoms with E-state index in [0.717, 1.165) is 15.7 Å². The van der Waals surface area contributed by atoms with E-state index >= 15 is 0 Å². The molecule has 2 aromatic rings. The number of aromatic nitrogens is 1. The molecule has 1 N–H and O–H groups in total. The minimum absolute atomic E-state index is 0.276. The van der Waals surface area contributed by atoms with Crippen molar-refractivity contribution in [2.24, 2.45) is 0 Å². The summed E-state index contributed by atoms with van der Waals surface area (Å²) in [6.45, 7) is 1.69. The van der Waals surface area contributed by atoms with Crippen molar-refractivity contribution < 1.29 is 9.50 Å². The van der Waals surface area contributed by atoms with Crippen molar-refractivity contribution in [1.29, 1.82) is 0 Å². The largest absolute Gasteiger partial charge is 0.388 e. The predicted molar refractivity (Wildman–Crippen MR) is 67.2 cm³/mol. The standard InChI is InChI=1S/C12H13FN2OS/c1-8(16)11-7-14-12(17-11)15(2)10-5-3-4-9(13)6-10/h3-8,16H,1-2H3. The molecule has 1 atom stereocenters. The van der Waals surface area contributed by atoms with Crippen LogP contribution in [0.15, 0.2) is 30.5 Å². The fourth-order valence-electron chi connectivity index (χ4n) is 1.42. The zero-order chi connectivity index (χ0) is 12.4. The van der Waals surface area contributed by atoms with Crippen molar-refractivity contribution in [3.05, 3.63) is 41.2 Å². The van der Waals surface area contributed by atoms with Gasteiger partial charge in [-0.25, -0.2) is 9.37 Å². The minimum atomic E-state index is -0.526. The maximum absolute atomic E-state index is 13.1. The fraction of sp³-hybridized carbons (Fsp3) is 0.250. The monoisotopic (exact) mass is 252 g/mol. The summed E-state index contributed by atoms with van der Waals surface area (Å²) in [7, 11) is 1.82. The Bertz CT molecular complexity index is 513. The van der Waals surface area contributed by atoms with Gasteiger partial charge in [0.1, 0.15) is 5.82 Å². The lowest BCUT2D eigenvalue weighted by molar-refractivity contribution is 0.203. The van der Waals surface area contributed by atoms with E-state index in [-0.39, 0.29) is 5.82 Å². The third-order valence-corrected chi connectivity index (χ3v) is 3.65. The van der Waals surface area contributed by atoms with Gasteiger partial charge in [-0.2, -0.15) is 0 Å². The van der Waals surface area contributed by atoms with Gasteiger partial charge in [0.05, 0.1) is 11.0 Å². The van der Waals surface area contributed by atoms with E-state index in [1.165, 1.54) is 23.5 Å². The van der Waals surface area contributed by atoms with Crippen LogP contribution in [-0.4, -0.2) is 17.1 Å². The van der Waals surface area contributed by atoms with Crippen LogP contribution in [0, 0.1) is 5.82 Å². The second-order valence-corrected chi connectivity index (χ2v) is 4.80. The van der Waals surface area contributed by atoms with E-state index in [2.05, 4.69) is 4.98 Å². The van der Waals surface area contributed by atoms with Crippen molar-refractivity contribution in [2.45, 2.75) is 13.0 Å². The van der Waals surface area contributed by atoms with Gasteiger partial charge < -0.3 is 10.0 Å². The summed E-state index contributed by atoms with van der Waals surface area (Å²) in [5, 5.41) is 10.2. The Labute approximate surface area is 103 Å². The van der Waals surface area contributed by atoms with E-state index in [1.54, 1.807) is 24.1 Å². The van der Waals surface area contributed by atoms with E-state index in [1.807, 2.05) is 13.1 Å². The number of benzene rings is 1. The van der Waals surface area contributed by atoms with E-state index in [4.69, 9.17) is 0 Å². The van der Waals surface area contributed by atoms with Crippen LogP contribution < -0.4 is 4.90 Å². The second-order valence-electron chi connectivity index (χ2n) is 3.76. The maximum Gasteiger partial charge on any atom is 0.189 e. The molecular formula is C12H13FN2OS. The summed E-state index contributed by atoms with van der Waals surface area (Å²) in [6.07, 6.45) is 1.11. The molecule has 90 valence electrons. The summed E-state index contributed by atoms with van der Waals surface area (Å²) in [4.78, 5) is 6.79. The van der Waals surface area contributed by atoms with Gasteiger partial charge in [0.2, 0.25) is 0 Å². The molecule has 1 heterocycles. The van der Waals surface area contributed by atoms with Gasteiger partial charge in [0.25, 0.3) is 0 Å². The van der Waals surface area contributed by atoms with Crippen molar-refractivity contribution in [1.82, 2.24) is 4.98 Å². The van der Waals surface area contributed by atoms with Gasteiger partial charge in [-0.1, -0.05) is 17.4 Å². The van der Waals surface area contributed by atoms with Crippen molar-refractivity contribution >= 4 is 22.2 Å². The van der Waals surface area contributed by atoms with E-state index in [9.17, 15) is 9.50 Å². The molecule has 0 spiro atoms. The highest BCUT2D eigenvalue weighted by Crippen LogP contribution is 2.30. The number of aliphatic hydroxyl groups excluding tert-OH is 1. The number of rotatable bonds is 3. The molecule has 0 aliphatic rings. The molecular weight excluding hydrogens is 239 g/mol. The van der Waals surface area contributed by atoms with Gasteiger partial charge in [-0.05, 0) is 25.1 Å². The lowest BCUT2D eigenvalue weighted by Gasteiger charge is -2.15. The van der Waals surface area contributed by atoms with Gasteiger partial charge in [0, 0.05) is 18.9 Å². The molecule has 0 aliphatic heterocycles. The number of hydrogen-bond donors (Lipinski definition) is 1. The average Bonchev–Trinajstić information content (AvgIpc) is 2.77. The number of anilines is 2. The number of hydrogen-bond acceptors (Lipinski definition) is 4. The van der Waals surface area contributed by atoms with Gasteiger partial charge >= 0.3 is 0 Å². The van der Waals surface area contributed by atoms with Crippen LogP contribution in [0.25, 0.3) is 0 Å². The Hall–Kier alpha value is -1.46. The van der Waals surface area contributed by atoms with Gasteiger partial charge in [0.15, 0.2) is 5.13 Å². The van der Waals surface area contributed by atoms with Crippen molar-refractivity contribution in [3.8, 4) is 0 Å². The molecule has 0 aliphatic carbocycles. The summed E-state index contributed by atoms with van der Waals surface area (Å²) < 4.78 is 13.1. The molecule has 0 saturated heterocycles.